The fraction of sp³-hybridized carbons (Fsp3) is 0.500. The van der Waals surface area contributed by atoms with Gasteiger partial charge in [-0.05, 0) is 44.0 Å². The number of carbonyl (C=O) groups is 1. The van der Waals surface area contributed by atoms with Gasteiger partial charge in [0.05, 0.1) is 0 Å². The van der Waals surface area contributed by atoms with E-state index in [-0.39, 0.29) is 5.91 Å². The fourth-order valence-corrected chi connectivity index (χ4v) is 4.48. The molecule has 2 heterocycles. The van der Waals surface area contributed by atoms with E-state index in [0.717, 1.165) is 21.9 Å². The molecule has 0 aromatic heterocycles. The molecule has 1 amide bonds. The van der Waals surface area contributed by atoms with E-state index in [1.165, 1.54) is 19.4 Å². The van der Waals surface area contributed by atoms with Crippen LogP contribution in [0.15, 0.2) is 27.1 Å². The van der Waals surface area contributed by atoms with Crippen molar-refractivity contribution in [3.63, 3.8) is 0 Å². The Morgan fingerprint density at radius 1 is 1.16 bits per heavy atom. The van der Waals surface area contributed by atoms with Crippen molar-refractivity contribution in [3.05, 3.63) is 32.7 Å². The highest BCUT2D eigenvalue weighted by molar-refractivity contribution is 9.11. The quantitative estimate of drug-likeness (QED) is 0.845. The van der Waals surface area contributed by atoms with Crippen molar-refractivity contribution >= 4 is 37.8 Å². The number of hydrogen-bond acceptors (Lipinski definition) is 2. The van der Waals surface area contributed by atoms with Crippen LogP contribution < -0.4 is 5.32 Å². The summed E-state index contributed by atoms with van der Waals surface area (Å²) in [5.74, 6) is 0.0285. The van der Waals surface area contributed by atoms with E-state index in [0.29, 0.717) is 17.6 Å². The van der Waals surface area contributed by atoms with Crippen molar-refractivity contribution in [2.24, 2.45) is 0 Å². The number of nitrogens with one attached hydrogen (secondary N) is 1. The summed E-state index contributed by atoms with van der Waals surface area (Å²) in [6.07, 6.45) is 3.55. The SMILES string of the molecule is O=C(NC1CCN2CCCC12)c1cc(Br)cc(Br)c1. The van der Waals surface area contributed by atoms with Gasteiger partial charge in [0.25, 0.3) is 5.91 Å². The van der Waals surface area contributed by atoms with Crippen LogP contribution in [-0.2, 0) is 0 Å². The van der Waals surface area contributed by atoms with Crippen LogP contribution in [0.4, 0.5) is 0 Å². The highest BCUT2D eigenvalue weighted by Crippen LogP contribution is 2.28. The summed E-state index contributed by atoms with van der Waals surface area (Å²) in [7, 11) is 0. The summed E-state index contributed by atoms with van der Waals surface area (Å²) in [4.78, 5) is 14.8. The van der Waals surface area contributed by atoms with E-state index in [2.05, 4.69) is 42.1 Å². The third-order valence-corrected chi connectivity index (χ3v) is 4.96. The predicted octanol–water partition coefficient (Wildman–Crippen LogP) is 3.18. The molecule has 3 rings (SSSR count). The maximum Gasteiger partial charge on any atom is 0.251 e. The number of halogens is 2. The first-order valence-corrected chi connectivity index (χ1v) is 8.23. The van der Waals surface area contributed by atoms with E-state index < -0.39 is 0 Å². The Morgan fingerprint density at radius 3 is 2.63 bits per heavy atom. The minimum Gasteiger partial charge on any atom is -0.348 e. The molecule has 2 aliphatic rings. The normalized spacial score (nSPS) is 26.4. The summed E-state index contributed by atoms with van der Waals surface area (Å²) >= 11 is 6.84. The van der Waals surface area contributed by atoms with Crippen molar-refractivity contribution < 1.29 is 4.79 Å². The monoisotopic (exact) mass is 386 g/mol. The topological polar surface area (TPSA) is 32.3 Å². The van der Waals surface area contributed by atoms with Crippen molar-refractivity contribution in [1.29, 1.82) is 0 Å². The van der Waals surface area contributed by atoms with Crippen LogP contribution in [0, 0.1) is 0 Å². The van der Waals surface area contributed by atoms with Gasteiger partial charge in [-0.2, -0.15) is 0 Å². The predicted molar refractivity (Wildman–Crippen MR) is 82.3 cm³/mol. The molecule has 3 nitrogen and oxygen atoms in total. The van der Waals surface area contributed by atoms with Crippen molar-refractivity contribution in [1.82, 2.24) is 10.2 Å². The summed E-state index contributed by atoms with van der Waals surface area (Å²) in [5.41, 5.74) is 0.706. The number of rotatable bonds is 2. The standard InChI is InChI=1S/C14H16Br2N2O/c15-10-6-9(7-11(16)8-10)14(19)17-12-3-5-18-4-1-2-13(12)18/h6-8,12-13H,1-5H2,(H,17,19). The van der Waals surface area contributed by atoms with E-state index in [1.54, 1.807) is 0 Å². The van der Waals surface area contributed by atoms with E-state index in [1.807, 2.05) is 18.2 Å². The maximum absolute atomic E-state index is 12.3. The van der Waals surface area contributed by atoms with Crippen molar-refractivity contribution in [2.45, 2.75) is 31.3 Å². The van der Waals surface area contributed by atoms with Crippen LogP contribution >= 0.6 is 31.9 Å². The molecule has 2 aliphatic heterocycles. The molecule has 0 aliphatic carbocycles. The number of benzene rings is 1. The second kappa shape index (κ2) is 5.54. The summed E-state index contributed by atoms with van der Waals surface area (Å²) in [5, 5.41) is 3.20. The van der Waals surface area contributed by atoms with Crippen LogP contribution in [0.5, 0.6) is 0 Å². The van der Waals surface area contributed by atoms with Gasteiger partial charge >= 0.3 is 0 Å². The Bertz CT molecular complexity index is 486. The second-order valence-corrected chi connectivity index (χ2v) is 7.10. The zero-order chi connectivity index (χ0) is 13.4. The van der Waals surface area contributed by atoms with Crippen LogP contribution in [0.2, 0.25) is 0 Å². The van der Waals surface area contributed by atoms with Gasteiger partial charge in [-0.25, -0.2) is 0 Å². The highest BCUT2D eigenvalue weighted by Gasteiger charge is 2.37. The molecule has 1 N–H and O–H groups in total. The first kappa shape index (κ1) is 13.6. The zero-order valence-electron chi connectivity index (χ0n) is 10.5. The Balaban J connectivity index is 1.71. The molecular weight excluding hydrogens is 372 g/mol. The van der Waals surface area contributed by atoms with Gasteiger partial charge in [-0.15, -0.1) is 0 Å². The van der Waals surface area contributed by atoms with Gasteiger partial charge in [-0.1, -0.05) is 31.9 Å². The molecule has 2 fully saturated rings. The number of carbonyl (C=O) groups excluding carboxylic acids is 1. The lowest BCUT2D eigenvalue weighted by molar-refractivity contribution is 0.0929. The van der Waals surface area contributed by atoms with Gasteiger partial charge in [0.1, 0.15) is 0 Å². The lowest BCUT2D eigenvalue weighted by Crippen LogP contribution is -2.42. The third kappa shape index (κ3) is 2.88. The largest absolute Gasteiger partial charge is 0.348 e. The number of hydrogen-bond donors (Lipinski definition) is 1. The molecule has 0 saturated carbocycles. The van der Waals surface area contributed by atoms with Gasteiger partial charge in [0.15, 0.2) is 0 Å². The first-order valence-electron chi connectivity index (χ1n) is 6.64. The van der Waals surface area contributed by atoms with Crippen LogP contribution in [-0.4, -0.2) is 36.0 Å². The van der Waals surface area contributed by atoms with Crippen LogP contribution in [0.1, 0.15) is 29.6 Å². The Labute approximate surface area is 130 Å². The molecule has 5 heteroatoms. The number of fused-ring (bicyclic) bond motifs is 1. The highest BCUT2D eigenvalue weighted by atomic mass is 79.9. The van der Waals surface area contributed by atoms with Gasteiger partial charge in [0.2, 0.25) is 0 Å². The Hall–Kier alpha value is -0.390. The van der Waals surface area contributed by atoms with Gasteiger partial charge in [-0.3, -0.25) is 9.69 Å². The lowest BCUT2D eigenvalue weighted by Gasteiger charge is -2.21. The molecule has 0 radical (unpaired) electrons. The molecule has 2 unspecified atom stereocenters. The smallest absolute Gasteiger partial charge is 0.251 e. The average molecular weight is 388 g/mol. The molecule has 1 aromatic rings. The molecule has 19 heavy (non-hydrogen) atoms. The second-order valence-electron chi connectivity index (χ2n) is 5.27. The summed E-state index contributed by atoms with van der Waals surface area (Å²) in [6, 6.07) is 6.53. The molecule has 2 saturated heterocycles. The lowest BCUT2D eigenvalue weighted by atomic mass is 10.1. The van der Waals surface area contributed by atoms with Gasteiger partial charge < -0.3 is 5.32 Å². The van der Waals surface area contributed by atoms with Crippen molar-refractivity contribution in [2.75, 3.05) is 13.1 Å². The van der Waals surface area contributed by atoms with E-state index in [4.69, 9.17) is 0 Å². The Kier molecular flexibility index (Phi) is 3.96. The van der Waals surface area contributed by atoms with Crippen LogP contribution in [0.25, 0.3) is 0 Å². The average Bonchev–Trinajstić information content (AvgIpc) is 2.92. The molecule has 0 spiro atoms. The third-order valence-electron chi connectivity index (χ3n) is 4.05. The minimum atomic E-state index is 0.0285. The first-order chi connectivity index (χ1) is 9.13. The van der Waals surface area contributed by atoms with E-state index >= 15 is 0 Å². The van der Waals surface area contributed by atoms with E-state index in [9.17, 15) is 4.79 Å². The zero-order valence-corrected chi connectivity index (χ0v) is 13.7. The molecule has 102 valence electrons. The molecule has 0 bridgehead atoms. The van der Waals surface area contributed by atoms with Gasteiger partial charge in [0, 0.05) is 33.1 Å². The molecule has 1 aromatic carbocycles. The minimum absolute atomic E-state index is 0.0285. The Morgan fingerprint density at radius 2 is 1.89 bits per heavy atom. The number of nitrogens with zero attached hydrogens (tertiary/aromatic N) is 1. The number of amides is 1. The van der Waals surface area contributed by atoms with Crippen LogP contribution in [0.3, 0.4) is 0 Å². The fourth-order valence-electron chi connectivity index (χ4n) is 3.19. The van der Waals surface area contributed by atoms with Crippen molar-refractivity contribution in [3.8, 4) is 0 Å². The molecular formula is C14H16Br2N2O. The molecule has 2 atom stereocenters. The summed E-state index contributed by atoms with van der Waals surface area (Å²) < 4.78 is 1.84. The summed E-state index contributed by atoms with van der Waals surface area (Å²) in [6.45, 7) is 2.32. The maximum atomic E-state index is 12.3.